The van der Waals surface area contributed by atoms with Gasteiger partial charge in [0, 0.05) is 24.8 Å². The predicted molar refractivity (Wildman–Crippen MR) is 120 cm³/mol. The van der Waals surface area contributed by atoms with E-state index in [9.17, 15) is 0 Å². The van der Waals surface area contributed by atoms with Gasteiger partial charge < -0.3 is 0 Å². The number of aryl methyl sites for hydroxylation is 1. The van der Waals surface area contributed by atoms with Gasteiger partial charge in [-0.3, -0.25) is 9.97 Å². The molecule has 2 aromatic heterocycles. The van der Waals surface area contributed by atoms with Gasteiger partial charge in [0.15, 0.2) is 0 Å². The van der Waals surface area contributed by atoms with E-state index in [1.54, 1.807) is 0 Å². The average Bonchev–Trinajstić information content (AvgIpc) is 2.71. The summed E-state index contributed by atoms with van der Waals surface area (Å²) in [7, 11) is 0. The first kappa shape index (κ1) is 25.3. The summed E-state index contributed by atoms with van der Waals surface area (Å²) in [5, 5.41) is 0. The van der Waals surface area contributed by atoms with E-state index < -0.39 is 0 Å². The number of hydrogen-bond donors (Lipinski definition) is 0. The van der Waals surface area contributed by atoms with E-state index in [0.29, 0.717) is 11.8 Å². The molecule has 2 aromatic rings. The lowest BCUT2D eigenvalue weighted by molar-refractivity contribution is 0.597. The highest BCUT2D eigenvalue weighted by Crippen LogP contribution is 2.22. The number of unbranched alkanes of at least 4 members (excludes halogenated alkanes) is 2. The van der Waals surface area contributed by atoms with Gasteiger partial charge in [-0.25, -0.2) is 0 Å². The minimum atomic E-state index is 0.679. The van der Waals surface area contributed by atoms with Gasteiger partial charge in [-0.15, -0.1) is 0 Å². The largest absolute Gasteiger partial charge is 0.265 e. The van der Waals surface area contributed by atoms with Crippen molar-refractivity contribution in [3.05, 3.63) is 59.7 Å². The zero-order chi connectivity index (χ0) is 20.5. The third-order valence-electron chi connectivity index (χ3n) is 4.83. The van der Waals surface area contributed by atoms with Crippen LogP contribution in [0, 0.1) is 6.92 Å². The van der Waals surface area contributed by atoms with Gasteiger partial charge in [0.1, 0.15) is 0 Å². The first-order valence-corrected chi connectivity index (χ1v) is 10.9. The molecule has 0 aliphatic rings. The molecule has 2 rings (SSSR count). The summed E-state index contributed by atoms with van der Waals surface area (Å²) < 4.78 is 0. The van der Waals surface area contributed by atoms with Crippen LogP contribution in [0.5, 0.6) is 0 Å². The number of hydrogen-bond acceptors (Lipinski definition) is 2. The van der Waals surface area contributed by atoms with Crippen LogP contribution < -0.4 is 0 Å². The molecule has 0 aliphatic heterocycles. The van der Waals surface area contributed by atoms with Gasteiger partial charge in [0.2, 0.25) is 0 Å². The fourth-order valence-electron chi connectivity index (χ4n) is 3.18. The number of pyridine rings is 2. The average molecular weight is 371 g/mol. The van der Waals surface area contributed by atoms with Crippen molar-refractivity contribution >= 4 is 0 Å². The highest BCUT2D eigenvalue weighted by molar-refractivity contribution is 5.25. The van der Waals surface area contributed by atoms with Crippen molar-refractivity contribution in [1.82, 2.24) is 9.97 Å². The van der Waals surface area contributed by atoms with Crippen LogP contribution in [0.15, 0.2) is 43.0 Å². The summed E-state index contributed by atoms with van der Waals surface area (Å²) in [5.74, 6) is 1.37. The summed E-state index contributed by atoms with van der Waals surface area (Å²) in [6.07, 6.45) is 15.4. The third-order valence-corrected chi connectivity index (χ3v) is 4.83. The van der Waals surface area contributed by atoms with Crippen molar-refractivity contribution in [2.24, 2.45) is 0 Å². The van der Waals surface area contributed by atoms with Crippen LogP contribution in [-0.2, 0) is 0 Å². The van der Waals surface area contributed by atoms with Crippen molar-refractivity contribution in [3.8, 4) is 0 Å². The topological polar surface area (TPSA) is 25.8 Å². The SMILES string of the molecule is CC.CCCC(C)c1ccncc1C.CCCCCC(C)c1ccncc1. The Morgan fingerprint density at radius 1 is 0.778 bits per heavy atom. The maximum Gasteiger partial charge on any atom is 0.0299 e. The molecule has 0 amide bonds. The molecule has 0 fully saturated rings. The van der Waals surface area contributed by atoms with Crippen molar-refractivity contribution in [1.29, 1.82) is 0 Å². The second-order valence-corrected chi connectivity index (χ2v) is 7.10. The van der Waals surface area contributed by atoms with Gasteiger partial charge in [-0.05, 0) is 66.5 Å². The molecule has 0 aliphatic carbocycles. The van der Waals surface area contributed by atoms with Gasteiger partial charge in [-0.1, -0.05) is 67.2 Å². The van der Waals surface area contributed by atoms with Crippen LogP contribution >= 0.6 is 0 Å². The molecule has 0 saturated heterocycles. The molecular formula is C25H42N2. The quantitative estimate of drug-likeness (QED) is 0.439. The standard InChI is InChI=1S/C12H19N.C11H17N.C2H6/c1-3-4-5-6-11(2)12-7-9-13-10-8-12;1-4-5-9(2)11-6-7-12-8-10(11)3;1-2/h7-11H,3-6H2,1-2H3;6-9H,4-5H2,1-3H3;1-2H3. The molecule has 0 N–H and O–H groups in total. The minimum Gasteiger partial charge on any atom is -0.265 e. The van der Waals surface area contributed by atoms with E-state index in [1.807, 2.05) is 38.6 Å². The Balaban J connectivity index is 0.000000460. The first-order valence-electron chi connectivity index (χ1n) is 10.9. The van der Waals surface area contributed by atoms with Crippen LogP contribution in [0.3, 0.4) is 0 Å². The van der Waals surface area contributed by atoms with Crippen molar-refractivity contribution < 1.29 is 0 Å². The van der Waals surface area contributed by atoms with E-state index in [4.69, 9.17) is 0 Å². The van der Waals surface area contributed by atoms with Gasteiger partial charge in [0.25, 0.3) is 0 Å². The highest BCUT2D eigenvalue weighted by Gasteiger charge is 2.06. The molecule has 0 aromatic carbocycles. The Labute approximate surface area is 168 Å². The Kier molecular flexibility index (Phi) is 15.4. The molecule has 2 heterocycles. The number of nitrogens with zero attached hydrogens (tertiary/aromatic N) is 2. The molecule has 2 nitrogen and oxygen atoms in total. The zero-order valence-electron chi connectivity index (χ0n) is 18.8. The summed E-state index contributed by atoms with van der Waals surface area (Å²) >= 11 is 0. The predicted octanol–water partition coefficient (Wildman–Crippen LogP) is 8.09. The molecule has 2 heteroatoms. The van der Waals surface area contributed by atoms with Crippen molar-refractivity contribution in [2.45, 2.75) is 98.8 Å². The van der Waals surface area contributed by atoms with E-state index in [-0.39, 0.29) is 0 Å². The van der Waals surface area contributed by atoms with Crippen LogP contribution in [0.2, 0.25) is 0 Å². The van der Waals surface area contributed by atoms with Crippen LogP contribution in [0.1, 0.15) is 109 Å². The second kappa shape index (κ2) is 16.5. The normalized spacial score (nSPS) is 12.1. The molecule has 2 unspecified atom stereocenters. The lowest BCUT2D eigenvalue weighted by Gasteiger charge is -2.12. The van der Waals surface area contributed by atoms with E-state index >= 15 is 0 Å². The number of rotatable bonds is 8. The lowest BCUT2D eigenvalue weighted by atomic mass is 9.94. The van der Waals surface area contributed by atoms with Crippen LogP contribution in [0.4, 0.5) is 0 Å². The van der Waals surface area contributed by atoms with Gasteiger partial charge in [0.05, 0.1) is 0 Å². The van der Waals surface area contributed by atoms with E-state index in [1.165, 1.54) is 55.2 Å². The van der Waals surface area contributed by atoms with Crippen molar-refractivity contribution in [3.63, 3.8) is 0 Å². The molecule has 0 radical (unpaired) electrons. The third kappa shape index (κ3) is 10.9. The smallest absolute Gasteiger partial charge is 0.0299 e. The van der Waals surface area contributed by atoms with Crippen molar-refractivity contribution in [2.75, 3.05) is 0 Å². The van der Waals surface area contributed by atoms with Gasteiger partial charge >= 0.3 is 0 Å². The summed E-state index contributed by atoms with van der Waals surface area (Å²) in [5.41, 5.74) is 4.19. The molecule has 0 saturated carbocycles. The summed E-state index contributed by atoms with van der Waals surface area (Å²) in [4.78, 5) is 8.11. The molecule has 2 atom stereocenters. The molecule has 0 bridgehead atoms. The Bertz CT molecular complexity index is 566. The Hall–Kier alpha value is -1.70. The van der Waals surface area contributed by atoms with Crippen LogP contribution in [0.25, 0.3) is 0 Å². The maximum absolute atomic E-state index is 4.09. The zero-order valence-corrected chi connectivity index (χ0v) is 18.8. The summed E-state index contributed by atoms with van der Waals surface area (Å²) in [6.45, 7) is 15.2. The highest BCUT2D eigenvalue weighted by atomic mass is 14.6. The monoisotopic (exact) mass is 370 g/mol. The molecule has 152 valence electrons. The first-order chi connectivity index (χ1) is 13.1. The van der Waals surface area contributed by atoms with Crippen LogP contribution in [-0.4, -0.2) is 9.97 Å². The lowest BCUT2D eigenvalue weighted by Crippen LogP contribution is -1.96. The Morgan fingerprint density at radius 2 is 1.41 bits per heavy atom. The molecule has 0 spiro atoms. The van der Waals surface area contributed by atoms with Gasteiger partial charge in [-0.2, -0.15) is 0 Å². The molecule has 27 heavy (non-hydrogen) atoms. The summed E-state index contributed by atoms with van der Waals surface area (Å²) in [6, 6.07) is 6.38. The van der Waals surface area contributed by atoms with E-state index in [0.717, 1.165) is 0 Å². The maximum atomic E-state index is 4.09. The fourth-order valence-corrected chi connectivity index (χ4v) is 3.18. The second-order valence-electron chi connectivity index (χ2n) is 7.10. The fraction of sp³-hybridized carbons (Fsp3) is 0.600. The Morgan fingerprint density at radius 3 is 1.96 bits per heavy atom. The number of aromatic nitrogens is 2. The molecular weight excluding hydrogens is 328 g/mol. The van der Waals surface area contributed by atoms with E-state index in [2.05, 4.69) is 62.8 Å². The minimum absolute atomic E-state index is 0.679.